The van der Waals surface area contributed by atoms with Crippen molar-refractivity contribution >= 4 is 23.8 Å². The van der Waals surface area contributed by atoms with Crippen molar-refractivity contribution in [3.05, 3.63) is 0 Å². The molecule has 3 N–H and O–H groups in total. The third kappa shape index (κ3) is 4.40. The molecule has 104 valence electrons. The van der Waals surface area contributed by atoms with E-state index in [4.69, 9.17) is 0 Å². The summed E-state index contributed by atoms with van der Waals surface area (Å²) in [5.74, 6) is 0.0751. The predicted molar refractivity (Wildman–Crippen MR) is 73.0 cm³/mol. The summed E-state index contributed by atoms with van der Waals surface area (Å²) < 4.78 is 0. The van der Waals surface area contributed by atoms with Crippen molar-refractivity contribution in [1.29, 1.82) is 0 Å². The molecule has 0 aromatic carbocycles. The maximum Gasteiger partial charge on any atom is 0.329 e. The van der Waals surface area contributed by atoms with Gasteiger partial charge in [-0.1, -0.05) is 19.3 Å². The first-order valence-corrected chi connectivity index (χ1v) is 7.78. The molecule has 1 rings (SSSR count). The van der Waals surface area contributed by atoms with Gasteiger partial charge in [0.1, 0.15) is 5.54 Å². The lowest BCUT2D eigenvalue weighted by atomic mass is 9.82. The van der Waals surface area contributed by atoms with Crippen LogP contribution in [0.1, 0.15) is 38.5 Å². The van der Waals surface area contributed by atoms with E-state index in [1.165, 1.54) is 0 Å². The SMILES string of the molecule is CSCCCNC(=O)NC1(C(=O)O)CCCCC1. The summed E-state index contributed by atoms with van der Waals surface area (Å²) in [6.45, 7) is 0.586. The van der Waals surface area contributed by atoms with E-state index in [9.17, 15) is 14.7 Å². The second-order valence-corrected chi connectivity index (χ2v) is 5.66. The molecule has 0 aromatic heterocycles. The lowest BCUT2D eigenvalue weighted by Crippen LogP contribution is -2.58. The minimum atomic E-state index is -1.05. The topological polar surface area (TPSA) is 78.4 Å². The van der Waals surface area contributed by atoms with Crippen molar-refractivity contribution in [3.8, 4) is 0 Å². The molecular formula is C12H22N2O3S. The van der Waals surface area contributed by atoms with Crippen LogP contribution in [0.4, 0.5) is 4.79 Å². The normalized spacial score (nSPS) is 18.1. The number of aliphatic carboxylic acids is 1. The number of thioether (sulfide) groups is 1. The van der Waals surface area contributed by atoms with E-state index >= 15 is 0 Å². The minimum Gasteiger partial charge on any atom is -0.480 e. The number of nitrogens with one attached hydrogen (secondary N) is 2. The van der Waals surface area contributed by atoms with Gasteiger partial charge < -0.3 is 15.7 Å². The first kappa shape index (κ1) is 15.1. The average Bonchev–Trinajstić information content (AvgIpc) is 2.35. The third-order valence-electron chi connectivity index (χ3n) is 3.28. The number of hydrogen-bond acceptors (Lipinski definition) is 3. The Balaban J connectivity index is 2.41. The summed E-state index contributed by atoms with van der Waals surface area (Å²) in [6, 6.07) is -0.361. The summed E-state index contributed by atoms with van der Waals surface area (Å²) in [5, 5.41) is 14.7. The van der Waals surface area contributed by atoms with Crippen molar-refractivity contribution in [2.45, 2.75) is 44.1 Å². The van der Waals surface area contributed by atoms with Crippen LogP contribution in [0, 0.1) is 0 Å². The Morgan fingerprint density at radius 2 is 1.94 bits per heavy atom. The average molecular weight is 274 g/mol. The summed E-state index contributed by atoms with van der Waals surface area (Å²) in [4.78, 5) is 23.0. The van der Waals surface area contributed by atoms with Gasteiger partial charge in [0.2, 0.25) is 0 Å². The van der Waals surface area contributed by atoms with E-state index in [0.717, 1.165) is 31.4 Å². The fourth-order valence-electron chi connectivity index (χ4n) is 2.23. The van der Waals surface area contributed by atoms with Crippen LogP contribution in [-0.2, 0) is 4.79 Å². The van der Waals surface area contributed by atoms with Crippen LogP contribution in [0.15, 0.2) is 0 Å². The minimum absolute atomic E-state index is 0.361. The van der Waals surface area contributed by atoms with Crippen molar-refractivity contribution in [3.63, 3.8) is 0 Å². The van der Waals surface area contributed by atoms with Crippen molar-refractivity contribution in [1.82, 2.24) is 10.6 Å². The van der Waals surface area contributed by atoms with Crippen LogP contribution in [0.5, 0.6) is 0 Å². The number of carbonyl (C=O) groups is 2. The molecule has 0 unspecified atom stereocenters. The van der Waals surface area contributed by atoms with Gasteiger partial charge in [-0.15, -0.1) is 0 Å². The van der Waals surface area contributed by atoms with E-state index < -0.39 is 11.5 Å². The number of urea groups is 1. The van der Waals surface area contributed by atoms with Crippen LogP contribution in [0.25, 0.3) is 0 Å². The van der Waals surface area contributed by atoms with E-state index in [-0.39, 0.29) is 6.03 Å². The molecular weight excluding hydrogens is 252 g/mol. The molecule has 0 saturated heterocycles. The monoisotopic (exact) mass is 274 g/mol. The highest BCUT2D eigenvalue weighted by atomic mass is 32.2. The van der Waals surface area contributed by atoms with Gasteiger partial charge in [0, 0.05) is 6.54 Å². The van der Waals surface area contributed by atoms with E-state index in [1.54, 1.807) is 11.8 Å². The van der Waals surface area contributed by atoms with Gasteiger partial charge in [-0.25, -0.2) is 9.59 Å². The second kappa shape index (κ2) is 7.51. The van der Waals surface area contributed by atoms with Crippen LogP contribution in [0.2, 0.25) is 0 Å². The highest BCUT2D eigenvalue weighted by Crippen LogP contribution is 2.28. The van der Waals surface area contributed by atoms with Crippen molar-refractivity contribution in [2.24, 2.45) is 0 Å². The number of hydrogen-bond donors (Lipinski definition) is 3. The molecule has 1 saturated carbocycles. The van der Waals surface area contributed by atoms with Crippen molar-refractivity contribution < 1.29 is 14.7 Å². The summed E-state index contributed by atoms with van der Waals surface area (Å²) >= 11 is 1.73. The van der Waals surface area contributed by atoms with Crippen molar-refractivity contribution in [2.75, 3.05) is 18.6 Å². The van der Waals surface area contributed by atoms with Crippen LogP contribution in [0.3, 0.4) is 0 Å². The molecule has 0 aromatic rings. The quantitative estimate of drug-likeness (QED) is 0.646. The molecule has 1 fully saturated rings. The Kier molecular flexibility index (Phi) is 6.32. The maximum absolute atomic E-state index is 11.7. The highest BCUT2D eigenvalue weighted by molar-refractivity contribution is 7.98. The highest BCUT2D eigenvalue weighted by Gasteiger charge is 2.40. The summed E-state index contributed by atoms with van der Waals surface area (Å²) in [7, 11) is 0. The van der Waals surface area contributed by atoms with Crippen LogP contribution >= 0.6 is 11.8 Å². The van der Waals surface area contributed by atoms with Gasteiger partial charge in [-0.2, -0.15) is 11.8 Å². The Morgan fingerprint density at radius 3 is 2.50 bits per heavy atom. The molecule has 0 bridgehead atoms. The van der Waals surface area contributed by atoms with E-state index in [1.807, 2.05) is 6.26 Å². The maximum atomic E-state index is 11.7. The van der Waals surface area contributed by atoms with Gasteiger partial charge in [0.05, 0.1) is 0 Å². The second-order valence-electron chi connectivity index (χ2n) is 4.68. The molecule has 18 heavy (non-hydrogen) atoms. The van der Waals surface area contributed by atoms with E-state index in [0.29, 0.717) is 19.4 Å². The summed E-state index contributed by atoms with van der Waals surface area (Å²) in [5.41, 5.74) is -1.05. The molecule has 0 spiro atoms. The van der Waals surface area contributed by atoms with E-state index in [2.05, 4.69) is 10.6 Å². The zero-order valence-corrected chi connectivity index (χ0v) is 11.6. The molecule has 1 aliphatic carbocycles. The van der Waals surface area contributed by atoms with Gasteiger partial charge in [-0.05, 0) is 31.3 Å². The van der Waals surface area contributed by atoms with Crippen LogP contribution < -0.4 is 10.6 Å². The van der Waals surface area contributed by atoms with Crippen LogP contribution in [-0.4, -0.2) is 41.2 Å². The first-order chi connectivity index (χ1) is 8.60. The number of carboxylic acids is 1. The number of rotatable bonds is 6. The Bertz CT molecular complexity index is 291. The number of amides is 2. The van der Waals surface area contributed by atoms with Gasteiger partial charge in [0.25, 0.3) is 0 Å². The molecule has 1 aliphatic rings. The zero-order valence-electron chi connectivity index (χ0n) is 10.8. The smallest absolute Gasteiger partial charge is 0.329 e. The molecule has 5 nitrogen and oxygen atoms in total. The lowest BCUT2D eigenvalue weighted by molar-refractivity contribution is -0.145. The Labute approximate surface area is 112 Å². The molecule has 0 radical (unpaired) electrons. The summed E-state index contributed by atoms with van der Waals surface area (Å²) in [6.07, 6.45) is 6.74. The number of carboxylic acid groups (broad SMARTS) is 1. The fraction of sp³-hybridized carbons (Fsp3) is 0.833. The standard InChI is InChI=1S/C12H22N2O3S/c1-18-9-5-8-13-11(17)14-12(10(15)16)6-3-2-4-7-12/h2-9H2,1H3,(H,15,16)(H2,13,14,17). The fourth-order valence-corrected chi connectivity index (χ4v) is 2.66. The molecule has 0 aliphatic heterocycles. The third-order valence-corrected chi connectivity index (χ3v) is 3.98. The Hall–Kier alpha value is -0.910. The molecule has 0 atom stereocenters. The molecule has 6 heteroatoms. The van der Waals surface area contributed by atoms with Gasteiger partial charge in [-0.3, -0.25) is 0 Å². The number of carbonyl (C=O) groups excluding carboxylic acids is 1. The Morgan fingerprint density at radius 1 is 1.28 bits per heavy atom. The van der Waals surface area contributed by atoms with Gasteiger partial charge in [0.15, 0.2) is 0 Å². The predicted octanol–water partition coefficient (Wildman–Crippen LogP) is 1.83. The zero-order chi connectivity index (χ0) is 13.4. The molecule has 2 amide bonds. The first-order valence-electron chi connectivity index (χ1n) is 6.39. The molecule has 0 heterocycles. The largest absolute Gasteiger partial charge is 0.480 e. The lowest BCUT2D eigenvalue weighted by Gasteiger charge is -2.33. The van der Waals surface area contributed by atoms with Gasteiger partial charge >= 0.3 is 12.0 Å².